The Morgan fingerprint density at radius 1 is 1.45 bits per heavy atom. The van der Waals surface area contributed by atoms with E-state index in [2.05, 4.69) is 0 Å². The van der Waals surface area contributed by atoms with Gasteiger partial charge in [-0.3, -0.25) is 9.71 Å². The monoisotopic (exact) mass is 299 g/mol. The molecule has 3 N–H and O–H groups in total. The number of benzene rings is 1. The molecule has 0 unspecified atom stereocenters. The topological polar surface area (TPSA) is 96.5 Å². The molecule has 0 saturated carbocycles. The van der Waals surface area contributed by atoms with Crippen LogP contribution in [-0.2, 0) is 14.8 Å². The summed E-state index contributed by atoms with van der Waals surface area (Å²) in [6.45, 7) is 3.86. The van der Waals surface area contributed by atoms with E-state index in [0.717, 1.165) is 0 Å². The second-order valence-electron chi connectivity index (χ2n) is 4.67. The molecule has 0 spiro atoms. The minimum Gasteiger partial charge on any atom is -0.384 e. The van der Waals surface area contributed by atoms with Gasteiger partial charge >= 0.3 is 0 Å². The van der Waals surface area contributed by atoms with Crippen LogP contribution in [0.1, 0.15) is 19.4 Å². The first-order chi connectivity index (χ1) is 9.24. The normalized spacial score (nSPS) is 11.6. The van der Waals surface area contributed by atoms with Gasteiger partial charge in [0, 0.05) is 12.6 Å². The molecule has 7 heteroatoms. The highest BCUT2D eigenvalue weighted by Gasteiger charge is 2.19. The number of hydrogen-bond donors (Lipinski definition) is 2. The Hall–Kier alpha value is -1.60. The van der Waals surface area contributed by atoms with Gasteiger partial charge < -0.3 is 10.5 Å². The Kier molecular flexibility index (Phi) is 5.52. The molecular weight excluding hydrogens is 278 g/mol. The highest BCUT2D eigenvalue weighted by molar-refractivity contribution is 7.92. The highest BCUT2D eigenvalue weighted by Crippen LogP contribution is 2.18. The summed E-state index contributed by atoms with van der Waals surface area (Å²) in [5.41, 5.74) is 6.36. The Balaban J connectivity index is 2.85. The lowest BCUT2D eigenvalue weighted by atomic mass is 10.2. The molecule has 0 radical (unpaired) electrons. The maximum Gasteiger partial charge on any atom is 0.237 e. The molecule has 0 bridgehead atoms. The van der Waals surface area contributed by atoms with E-state index in [4.69, 9.17) is 15.9 Å². The summed E-state index contributed by atoms with van der Waals surface area (Å²) < 4.78 is 30.8. The van der Waals surface area contributed by atoms with Gasteiger partial charge in [-0.15, -0.1) is 0 Å². The quantitative estimate of drug-likeness (QED) is 0.583. The fourth-order valence-corrected chi connectivity index (χ4v) is 2.57. The van der Waals surface area contributed by atoms with Crippen molar-refractivity contribution in [3.8, 4) is 0 Å². The average Bonchev–Trinajstić information content (AvgIpc) is 2.37. The second-order valence-corrected chi connectivity index (χ2v) is 6.79. The number of amidine groups is 1. The molecule has 0 fully saturated rings. The van der Waals surface area contributed by atoms with Crippen LogP contribution in [0.5, 0.6) is 0 Å². The molecule has 0 aliphatic heterocycles. The number of ether oxygens (including phenoxy) is 1. The zero-order valence-corrected chi connectivity index (χ0v) is 12.8. The lowest BCUT2D eigenvalue weighted by Gasteiger charge is -2.20. The predicted molar refractivity (Wildman–Crippen MR) is 80.7 cm³/mol. The molecule has 0 atom stereocenters. The molecule has 0 aromatic heterocycles. The molecule has 0 amide bonds. The number of sulfonamides is 1. The third-order valence-electron chi connectivity index (χ3n) is 2.73. The van der Waals surface area contributed by atoms with Gasteiger partial charge in [-0.25, -0.2) is 8.42 Å². The minimum absolute atomic E-state index is 0.00320. The third-order valence-corrected chi connectivity index (χ3v) is 4.46. The standard InChI is InChI=1S/C13H21N3O3S/c1-10(2)19-7-8-20(17,18)16(3)12-6-4-5-11(9-12)13(14)15/h4-6,9-10H,7-8H2,1-3H3,(H3,14,15). The lowest BCUT2D eigenvalue weighted by Crippen LogP contribution is -2.31. The molecule has 6 nitrogen and oxygen atoms in total. The Bertz CT molecular complexity index is 570. The van der Waals surface area contributed by atoms with E-state index < -0.39 is 10.0 Å². The fraction of sp³-hybridized carbons (Fsp3) is 0.462. The van der Waals surface area contributed by atoms with Crippen molar-refractivity contribution in [1.82, 2.24) is 0 Å². The highest BCUT2D eigenvalue weighted by atomic mass is 32.2. The van der Waals surface area contributed by atoms with Crippen molar-refractivity contribution in [3.63, 3.8) is 0 Å². The maximum atomic E-state index is 12.2. The number of nitrogens with two attached hydrogens (primary N) is 1. The van der Waals surface area contributed by atoms with Crippen LogP contribution < -0.4 is 10.0 Å². The molecule has 20 heavy (non-hydrogen) atoms. The van der Waals surface area contributed by atoms with Crippen molar-refractivity contribution in [2.24, 2.45) is 5.73 Å². The summed E-state index contributed by atoms with van der Waals surface area (Å²) in [6.07, 6.45) is -0.00320. The van der Waals surface area contributed by atoms with Crippen molar-refractivity contribution < 1.29 is 13.2 Å². The molecule has 0 aliphatic rings. The van der Waals surface area contributed by atoms with Crippen LogP contribution in [0.3, 0.4) is 0 Å². The fourth-order valence-electron chi connectivity index (χ4n) is 1.56. The molecule has 1 aromatic rings. The van der Waals surface area contributed by atoms with Gasteiger partial charge in [0.05, 0.1) is 24.2 Å². The first-order valence-electron chi connectivity index (χ1n) is 6.26. The van der Waals surface area contributed by atoms with Crippen LogP contribution in [0, 0.1) is 5.41 Å². The van der Waals surface area contributed by atoms with Gasteiger partial charge in [0.25, 0.3) is 0 Å². The van der Waals surface area contributed by atoms with Crippen molar-refractivity contribution in [2.75, 3.05) is 23.7 Å². The zero-order chi connectivity index (χ0) is 15.3. The number of anilines is 1. The number of nitrogens with zero attached hydrogens (tertiary/aromatic N) is 1. The summed E-state index contributed by atoms with van der Waals surface area (Å²) in [7, 11) is -1.98. The van der Waals surface area contributed by atoms with Crippen LogP contribution in [0.2, 0.25) is 0 Å². The van der Waals surface area contributed by atoms with Gasteiger partial charge in [-0.2, -0.15) is 0 Å². The van der Waals surface area contributed by atoms with Crippen molar-refractivity contribution in [1.29, 1.82) is 5.41 Å². The SMILES string of the molecule is CC(C)OCCS(=O)(=O)N(C)c1cccc(C(=N)N)c1. The van der Waals surface area contributed by atoms with Gasteiger partial charge in [0.1, 0.15) is 5.84 Å². The Morgan fingerprint density at radius 2 is 2.10 bits per heavy atom. The van der Waals surface area contributed by atoms with Gasteiger partial charge in [0.15, 0.2) is 0 Å². The smallest absolute Gasteiger partial charge is 0.237 e. The largest absolute Gasteiger partial charge is 0.384 e. The van der Waals surface area contributed by atoms with Crippen molar-refractivity contribution in [3.05, 3.63) is 29.8 Å². The van der Waals surface area contributed by atoms with Crippen LogP contribution in [0.15, 0.2) is 24.3 Å². The van der Waals surface area contributed by atoms with Gasteiger partial charge in [0.2, 0.25) is 10.0 Å². The zero-order valence-electron chi connectivity index (χ0n) is 12.0. The van der Waals surface area contributed by atoms with Crippen LogP contribution in [-0.4, -0.2) is 39.8 Å². The van der Waals surface area contributed by atoms with Gasteiger partial charge in [-0.1, -0.05) is 12.1 Å². The number of rotatable bonds is 7. The summed E-state index contributed by atoms with van der Waals surface area (Å²) in [5, 5.41) is 7.38. The minimum atomic E-state index is -3.45. The predicted octanol–water partition coefficient (Wildman–Crippen LogP) is 1.16. The summed E-state index contributed by atoms with van der Waals surface area (Å²) in [4.78, 5) is 0. The van der Waals surface area contributed by atoms with E-state index in [1.54, 1.807) is 24.3 Å². The van der Waals surface area contributed by atoms with E-state index in [1.165, 1.54) is 11.4 Å². The Labute approximate surface area is 120 Å². The van der Waals surface area contributed by atoms with Gasteiger partial charge in [-0.05, 0) is 26.0 Å². The molecule has 0 heterocycles. The van der Waals surface area contributed by atoms with E-state index in [1.807, 2.05) is 13.8 Å². The summed E-state index contributed by atoms with van der Waals surface area (Å²) >= 11 is 0. The van der Waals surface area contributed by atoms with E-state index in [-0.39, 0.29) is 24.3 Å². The number of nitrogen functional groups attached to an aromatic ring is 1. The van der Waals surface area contributed by atoms with Crippen molar-refractivity contribution in [2.45, 2.75) is 20.0 Å². The lowest BCUT2D eigenvalue weighted by molar-refractivity contribution is 0.0912. The van der Waals surface area contributed by atoms with Crippen LogP contribution in [0.4, 0.5) is 5.69 Å². The molecule has 0 aliphatic carbocycles. The van der Waals surface area contributed by atoms with E-state index >= 15 is 0 Å². The Morgan fingerprint density at radius 3 is 2.65 bits per heavy atom. The first-order valence-corrected chi connectivity index (χ1v) is 7.87. The number of hydrogen-bond acceptors (Lipinski definition) is 4. The summed E-state index contributed by atoms with van der Waals surface area (Å²) in [6, 6.07) is 6.56. The van der Waals surface area contributed by atoms with Crippen molar-refractivity contribution >= 4 is 21.5 Å². The molecule has 1 rings (SSSR count). The average molecular weight is 299 g/mol. The third kappa shape index (κ3) is 4.50. The molecule has 112 valence electrons. The van der Waals surface area contributed by atoms with Crippen LogP contribution >= 0.6 is 0 Å². The molecule has 1 aromatic carbocycles. The maximum absolute atomic E-state index is 12.2. The van der Waals surface area contributed by atoms with E-state index in [0.29, 0.717) is 11.3 Å². The first kappa shape index (κ1) is 16.5. The number of nitrogens with one attached hydrogen (secondary N) is 1. The molecule has 0 saturated heterocycles. The molecular formula is C13H21N3O3S. The summed E-state index contributed by atoms with van der Waals surface area (Å²) in [5.74, 6) is -0.188. The van der Waals surface area contributed by atoms with Crippen LogP contribution in [0.25, 0.3) is 0 Å². The second kappa shape index (κ2) is 6.71. The van der Waals surface area contributed by atoms with E-state index in [9.17, 15) is 8.42 Å².